The second-order valence-electron chi connectivity index (χ2n) is 7.04. The molecule has 0 radical (unpaired) electrons. The van der Waals surface area contributed by atoms with Crippen LogP contribution in [0.5, 0.6) is 0 Å². The van der Waals surface area contributed by atoms with Gasteiger partial charge in [-0.1, -0.05) is 30.3 Å². The zero-order valence-corrected chi connectivity index (χ0v) is 15.0. The number of benzene rings is 1. The molecular weight excluding hydrogens is 314 g/mol. The normalized spacial score (nSPS) is 21.2. The molecule has 1 amide bonds. The Hall–Kier alpha value is -2.11. The third kappa shape index (κ3) is 4.30. The summed E-state index contributed by atoms with van der Waals surface area (Å²) in [6.45, 7) is 6.55. The van der Waals surface area contributed by atoms with Crippen molar-refractivity contribution in [3.05, 3.63) is 58.9 Å². The Morgan fingerprint density at radius 2 is 2.08 bits per heavy atom. The summed E-state index contributed by atoms with van der Waals surface area (Å²) in [5.41, 5.74) is 3.82. The SMILES string of the molecule is Cc1cc(C)c(C(=O)N[C@H]2CN(Cc3ccccc3)CC[C@@H]2CO)[nH]1. The van der Waals surface area contributed by atoms with Crippen LogP contribution < -0.4 is 5.32 Å². The highest BCUT2D eigenvalue weighted by atomic mass is 16.3. The number of hydrogen-bond donors (Lipinski definition) is 3. The van der Waals surface area contributed by atoms with Crippen LogP contribution in [0.25, 0.3) is 0 Å². The van der Waals surface area contributed by atoms with Crippen LogP contribution in [-0.4, -0.2) is 46.6 Å². The number of amides is 1. The van der Waals surface area contributed by atoms with Gasteiger partial charge >= 0.3 is 0 Å². The van der Waals surface area contributed by atoms with E-state index >= 15 is 0 Å². The Balaban J connectivity index is 1.66. The molecule has 1 aliphatic rings. The number of aliphatic hydroxyl groups is 1. The molecule has 2 atom stereocenters. The zero-order chi connectivity index (χ0) is 17.8. The van der Waals surface area contributed by atoms with E-state index in [9.17, 15) is 9.90 Å². The number of aliphatic hydroxyl groups excluding tert-OH is 1. The van der Waals surface area contributed by atoms with Crippen molar-refractivity contribution in [1.82, 2.24) is 15.2 Å². The highest BCUT2D eigenvalue weighted by Crippen LogP contribution is 2.20. The predicted octanol–water partition coefficient (Wildman–Crippen LogP) is 2.24. The first-order chi connectivity index (χ1) is 12.1. The lowest BCUT2D eigenvalue weighted by Crippen LogP contribution is -2.53. The number of piperidine rings is 1. The minimum Gasteiger partial charge on any atom is -0.396 e. The largest absolute Gasteiger partial charge is 0.396 e. The van der Waals surface area contributed by atoms with Gasteiger partial charge in [0.1, 0.15) is 5.69 Å². The van der Waals surface area contributed by atoms with Gasteiger partial charge in [-0.3, -0.25) is 9.69 Å². The van der Waals surface area contributed by atoms with Crippen molar-refractivity contribution in [3.8, 4) is 0 Å². The fourth-order valence-corrected chi connectivity index (χ4v) is 3.64. The highest BCUT2D eigenvalue weighted by Gasteiger charge is 2.30. The predicted molar refractivity (Wildman–Crippen MR) is 98.4 cm³/mol. The number of aromatic nitrogens is 1. The van der Waals surface area contributed by atoms with E-state index in [1.54, 1.807) is 0 Å². The molecule has 1 aromatic heterocycles. The quantitative estimate of drug-likeness (QED) is 0.781. The van der Waals surface area contributed by atoms with E-state index in [0.717, 1.165) is 37.3 Å². The number of H-pyrrole nitrogens is 1. The standard InChI is InChI=1S/C20H27N3O2/c1-14-10-15(2)21-19(14)20(25)22-18-12-23(9-8-17(18)13-24)11-16-6-4-3-5-7-16/h3-7,10,17-18,21,24H,8-9,11-13H2,1-2H3,(H,22,25)/t17-,18+/m1/s1. The van der Waals surface area contributed by atoms with Crippen molar-refractivity contribution in [2.45, 2.75) is 32.9 Å². The molecule has 1 saturated heterocycles. The van der Waals surface area contributed by atoms with Gasteiger partial charge < -0.3 is 15.4 Å². The fraction of sp³-hybridized carbons (Fsp3) is 0.450. The van der Waals surface area contributed by atoms with Crippen molar-refractivity contribution in [1.29, 1.82) is 0 Å². The average Bonchev–Trinajstić information content (AvgIpc) is 2.94. The van der Waals surface area contributed by atoms with Crippen LogP contribution in [0.15, 0.2) is 36.4 Å². The van der Waals surface area contributed by atoms with E-state index in [4.69, 9.17) is 0 Å². The number of likely N-dealkylation sites (tertiary alicyclic amines) is 1. The molecule has 2 aromatic rings. The second-order valence-corrected chi connectivity index (χ2v) is 7.04. The molecule has 5 heteroatoms. The zero-order valence-electron chi connectivity index (χ0n) is 15.0. The molecule has 0 unspecified atom stereocenters. The Morgan fingerprint density at radius 1 is 1.32 bits per heavy atom. The molecule has 0 aliphatic carbocycles. The fourth-order valence-electron chi connectivity index (χ4n) is 3.64. The van der Waals surface area contributed by atoms with Gasteiger partial charge in [-0.15, -0.1) is 0 Å². The summed E-state index contributed by atoms with van der Waals surface area (Å²) in [6, 6.07) is 12.3. The Morgan fingerprint density at radius 3 is 2.72 bits per heavy atom. The molecule has 3 rings (SSSR count). The Bertz CT molecular complexity index is 711. The summed E-state index contributed by atoms with van der Waals surface area (Å²) >= 11 is 0. The molecule has 25 heavy (non-hydrogen) atoms. The number of aryl methyl sites for hydroxylation is 2. The third-order valence-corrected chi connectivity index (χ3v) is 5.02. The van der Waals surface area contributed by atoms with Gasteiger partial charge in [0.05, 0.1) is 0 Å². The summed E-state index contributed by atoms with van der Waals surface area (Å²) in [6.07, 6.45) is 0.886. The van der Waals surface area contributed by atoms with Crippen molar-refractivity contribution in [3.63, 3.8) is 0 Å². The highest BCUT2D eigenvalue weighted by molar-refractivity contribution is 5.94. The summed E-state index contributed by atoms with van der Waals surface area (Å²) in [5, 5.41) is 12.8. The first-order valence-electron chi connectivity index (χ1n) is 8.91. The van der Waals surface area contributed by atoms with Crippen molar-refractivity contribution >= 4 is 5.91 Å². The molecule has 3 N–H and O–H groups in total. The summed E-state index contributed by atoms with van der Waals surface area (Å²) in [5.74, 6) is 0.0166. The van der Waals surface area contributed by atoms with Gasteiger partial charge in [0.15, 0.2) is 0 Å². The van der Waals surface area contributed by atoms with Gasteiger partial charge in [0, 0.05) is 37.4 Å². The van der Waals surface area contributed by atoms with Crippen LogP contribution in [0, 0.1) is 19.8 Å². The molecule has 0 bridgehead atoms. The monoisotopic (exact) mass is 341 g/mol. The number of carbonyl (C=O) groups is 1. The first-order valence-corrected chi connectivity index (χ1v) is 8.91. The Labute approximate surface area is 149 Å². The second kappa shape index (κ2) is 7.85. The molecule has 2 heterocycles. The van der Waals surface area contributed by atoms with E-state index in [2.05, 4.69) is 27.3 Å². The number of carbonyl (C=O) groups excluding carboxylic acids is 1. The number of nitrogens with one attached hydrogen (secondary N) is 2. The lowest BCUT2D eigenvalue weighted by atomic mass is 9.91. The maximum absolute atomic E-state index is 12.6. The van der Waals surface area contributed by atoms with Crippen molar-refractivity contribution in [2.75, 3.05) is 19.7 Å². The van der Waals surface area contributed by atoms with Crippen LogP contribution in [0.3, 0.4) is 0 Å². The minimum absolute atomic E-state index is 0.0435. The minimum atomic E-state index is -0.0874. The lowest BCUT2D eigenvalue weighted by molar-refractivity contribution is 0.0727. The van der Waals surface area contributed by atoms with Gasteiger partial charge in [-0.2, -0.15) is 0 Å². The Kier molecular flexibility index (Phi) is 5.56. The summed E-state index contributed by atoms with van der Waals surface area (Å²) < 4.78 is 0. The molecule has 1 aromatic carbocycles. The molecule has 0 spiro atoms. The van der Waals surface area contributed by atoms with Gasteiger partial charge in [-0.05, 0) is 44.0 Å². The maximum Gasteiger partial charge on any atom is 0.268 e. The smallest absolute Gasteiger partial charge is 0.268 e. The van der Waals surface area contributed by atoms with Crippen LogP contribution in [0.2, 0.25) is 0 Å². The van der Waals surface area contributed by atoms with Gasteiger partial charge in [0.25, 0.3) is 5.91 Å². The van der Waals surface area contributed by atoms with E-state index in [0.29, 0.717) is 5.69 Å². The molecule has 5 nitrogen and oxygen atoms in total. The molecule has 1 fully saturated rings. The van der Waals surface area contributed by atoms with Crippen molar-refractivity contribution < 1.29 is 9.90 Å². The summed E-state index contributed by atoms with van der Waals surface area (Å²) in [4.78, 5) is 18.1. The third-order valence-electron chi connectivity index (χ3n) is 5.02. The molecular formula is C20H27N3O2. The molecule has 134 valence electrons. The van der Waals surface area contributed by atoms with Crippen LogP contribution in [-0.2, 0) is 6.54 Å². The summed E-state index contributed by atoms with van der Waals surface area (Å²) in [7, 11) is 0. The maximum atomic E-state index is 12.6. The number of nitrogens with zero attached hydrogens (tertiary/aromatic N) is 1. The van der Waals surface area contributed by atoms with Crippen LogP contribution >= 0.6 is 0 Å². The van der Waals surface area contributed by atoms with Crippen molar-refractivity contribution in [2.24, 2.45) is 5.92 Å². The lowest BCUT2D eigenvalue weighted by Gasteiger charge is -2.38. The number of rotatable bonds is 5. The topological polar surface area (TPSA) is 68.4 Å². The van der Waals surface area contributed by atoms with Crippen LogP contribution in [0.1, 0.15) is 33.7 Å². The molecule has 0 saturated carbocycles. The number of aromatic amines is 1. The first kappa shape index (κ1) is 17.7. The van der Waals surface area contributed by atoms with Gasteiger partial charge in [0.2, 0.25) is 0 Å². The molecule has 1 aliphatic heterocycles. The van der Waals surface area contributed by atoms with Gasteiger partial charge in [-0.25, -0.2) is 0 Å². The average molecular weight is 341 g/mol. The van der Waals surface area contributed by atoms with E-state index in [1.807, 2.05) is 38.1 Å². The number of hydrogen-bond acceptors (Lipinski definition) is 3. The van der Waals surface area contributed by atoms with E-state index < -0.39 is 0 Å². The van der Waals surface area contributed by atoms with E-state index in [-0.39, 0.29) is 24.5 Å². The van der Waals surface area contributed by atoms with E-state index in [1.165, 1.54) is 5.56 Å². The van der Waals surface area contributed by atoms with Crippen LogP contribution in [0.4, 0.5) is 0 Å².